The van der Waals surface area contributed by atoms with Gasteiger partial charge in [-0.2, -0.15) is 0 Å². The number of hydrogen-bond donors (Lipinski definition) is 0. The third-order valence-electron chi connectivity index (χ3n) is 1.82. The van der Waals surface area contributed by atoms with Gasteiger partial charge in [0.1, 0.15) is 5.75 Å². The molecule has 1 aromatic carbocycles. The summed E-state index contributed by atoms with van der Waals surface area (Å²) >= 11 is 5.65. The van der Waals surface area contributed by atoms with Crippen molar-refractivity contribution in [3.8, 4) is 11.8 Å². The standard InChI is InChI=1S/C10H6ClN5O/c11-7-5-13-10(14-6-7)17-9-4-2-1-3-8(9)15-16-12/h1-6H. The molecule has 84 valence electrons. The van der Waals surface area contributed by atoms with Gasteiger partial charge in [0.15, 0.2) is 0 Å². The maximum absolute atomic E-state index is 8.40. The highest BCUT2D eigenvalue weighted by Crippen LogP contribution is 2.29. The molecule has 0 amide bonds. The molecule has 1 aromatic heterocycles. The Kier molecular flexibility index (Phi) is 3.40. The molecule has 7 heteroatoms. The van der Waals surface area contributed by atoms with Gasteiger partial charge in [-0.05, 0) is 17.7 Å². The van der Waals surface area contributed by atoms with E-state index in [4.69, 9.17) is 21.9 Å². The summed E-state index contributed by atoms with van der Waals surface area (Å²) in [4.78, 5) is 10.5. The van der Waals surface area contributed by atoms with Gasteiger partial charge < -0.3 is 4.74 Å². The summed E-state index contributed by atoms with van der Waals surface area (Å²) in [6, 6.07) is 6.91. The highest BCUT2D eigenvalue weighted by atomic mass is 35.5. The number of nitrogens with zero attached hydrogens (tertiary/aromatic N) is 5. The highest BCUT2D eigenvalue weighted by molar-refractivity contribution is 6.30. The first kappa shape index (κ1) is 11.2. The van der Waals surface area contributed by atoms with Crippen LogP contribution in [-0.2, 0) is 0 Å². The van der Waals surface area contributed by atoms with Crippen LogP contribution >= 0.6 is 11.6 Å². The summed E-state index contributed by atoms with van der Waals surface area (Å²) in [7, 11) is 0. The molecule has 0 unspecified atom stereocenters. The Labute approximate surface area is 101 Å². The number of hydrogen-bond acceptors (Lipinski definition) is 4. The van der Waals surface area contributed by atoms with Crippen molar-refractivity contribution in [3.63, 3.8) is 0 Å². The maximum Gasteiger partial charge on any atom is 0.321 e. The van der Waals surface area contributed by atoms with Crippen molar-refractivity contribution in [2.75, 3.05) is 0 Å². The summed E-state index contributed by atoms with van der Waals surface area (Å²) in [5.41, 5.74) is 8.77. The SMILES string of the molecule is [N-]=[N+]=Nc1ccccc1Oc1ncc(Cl)cn1. The smallest absolute Gasteiger partial charge is 0.321 e. The first-order valence-corrected chi connectivity index (χ1v) is 4.97. The molecule has 0 spiro atoms. The van der Waals surface area contributed by atoms with Crippen molar-refractivity contribution in [2.24, 2.45) is 5.11 Å². The molecule has 0 bridgehead atoms. The Morgan fingerprint density at radius 3 is 2.65 bits per heavy atom. The van der Waals surface area contributed by atoms with E-state index in [9.17, 15) is 0 Å². The molecule has 0 radical (unpaired) electrons. The van der Waals surface area contributed by atoms with Gasteiger partial charge in [-0.15, -0.1) is 0 Å². The van der Waals surface area contributed by atoms with Crippen molar-refractivity contribution < 1.29 is 4.74 Å². The van der Waals surface area contributed by atoms with Gasteiger partial charge in [0, 0.05) is 4.91 Å². The van der Waals surface area contributed by atoms with Crippen LogP contribution < -0.4 is 4.74 Å². The third-order valence-corrected chi connectivity index (χ3v) is 2.01. The van der Waals surface area contributed by atoms with Crippen molar-refractivity contribution in [1.29, 1.82) is 0 Å². The quantitative estimate of drug-likeness (QED) is 0.469. The van der Waals surface area contributed by atoms with Gasteiger partial charge in [-0.3, -0.25) is 0 Å². The minimum atomic E-state index is 0.134. The number of halogens is 1. The molecule has 6 nitrogen and oxygen atoms in total. The first-order valence-electron chi connectivity index (χ1n) is 4.59. The average Bonchev–Trinajstić information content (AvgIpc) is 2.35. The van der Waals surface area contributed by atoms with Gasteiger partial charge in [0.25, 0.3) is 0 Å². The van der Waals surface area contributed by atoms with E-state index in [0.29, 0.717) is 16.5 Å². The van der Waals surface area contributed by atoms with Crippen LogP contribution in [0.5, 0.6) is 11.8 Å². The van der Waals surface area contributed by atoms with Crippen LogP contribution in [0, 0.1) is 0 Å². The molecule has 2 rings (SSSR count). The summed E-state index contributed by atoms with van der Waals surface area (Å²) in [6.07, 6.45) is 2.83. The molecule has 0 saturated heterocycles. The number of azide groups is 1. The molecule has 1 heterocycles. The van der Waals surface area contributed by atoms with Crippen molar-refractivity contribution in [1.82, 2.24) is 9.97 Å². The highest BCUT2D eigenvalue weighted by Gasteiger charge is 2.04. The monoisotopic (exact) mass is 247 g/mol. The Morgan fingerprint density at radius 1 is 1.24 bits per heavy atom. The van der Waals surface area contributed by atoms with E-state index >= 15 is 0 Å². The lowest BCUT2D eigenvalue weighted by atomic mass is 10.3. The lowest BCUT2D eigenvalue weighted by Crippen LogP contribution is -1.90. The van der Waals surface area contributed by atoms with Crippen LogP contribution in [0.15, 0.2) is 41.8 Å². The number of rotatable bonds is 3. The molecule has 2 aromatic rings. The Balaban J connectivity index is 2.29. The largest absolute Gasteiger partial charge is 0.424 e. The minimum Gasteiger partial charge on any atom is -0.424 e. The van der Waals surface area contributed by atoms with Crippen LogP contribution in [0.2, 0.25) is 5.02 Å². The molecule has 0 aliphatic carbocycles. The molecule has 0 atom stereocenters. The van der Waals surface area contributed by atoms with E-state index in [-0.39, 0.29) is 6.01 Å². The van der Waals surface area contributed by atoms with Crippen molar-refractivity contribution >= 4 is 17.3 Å². The topological polar surface area (TPSA) is 83.8 Å². The number of aromatic nitrogens is 2. The molecule has 0 aliphatic rings. The summed E-state index contributed by atoms with van der Waals surface area (Å²) in [6.45, 7) is 0. The summed E-state index contributed by atoms with van der Waals surface area (Å²) < 4.78 is 5.37. The number of ether oxygens (including phenoxy) is 1. The lowest BCUT2D eigenvalue weighted by Gasteiger charge is -2.05. The normalized spacial score (nSPS) is 9.47. The fourth-order valence-corrected chi connectivity index (χ4v) is 1.22. The van der Waals surface area contributed by atoms with E-state index in [0.717, 1.165) is 0 Å². The van der Waals surface area contributed by atoms with E-state index in [1.54, 1.807) is 24.3 Å². The molecular weight excluding hydrogens is 242 g/mol. The zero-order chi connectivity index (χ0) is 12.1. The van der Waals surface area contributed by atoms with Crippen molar-refractivity contribution in [3.05, 3.63) is 52.1 Å². The van der Waals surface area contributed by atoms with E-state index in [1.165, 1.54) is 12.4 Å². The zero-order valence-electron chi connectivity index (χ0n) is 8.49. The van der Waals surface area contributed by atoms with Crippen LogP contribution in [0.1, 0.15) is 0 Å². The molecule has 0 fully saturated rings. The molecule has 0 saturated carbocycles. The Bertz CT molecular complexity index is 565. The second kappa shape index (κ2) is 5.16. The fourth-order valence-electron chi connectivity index (χ4n) is 1.13. The predicted octanol–water partition coefficient (Wildman–Crippen LogP) is 3.86. The van der Waals surface area contributed by atoms with Gasteiger partial charge in [-0.25, -0.2) is 9.97 Å². The maximum atomic E-state index is 8.40. The van der Waals surface area contributed by atoms with Gasteiger partial charge in [0.2, 0.25) is 0 Å². The second-order valence-corrected chi connectivity index (χ2v) is 3.38. The van der Waals surface area contributed by atoms with Crippen LogP contribution in [-0.4, -0.2) is 9.97 Å². The van der Waals surface area contributed by atoms with E-state index < -0.39 is 0 Å². The Hall–Kier alpha value is -2.30. The number of benzene rings is 1. The molecule has 17 heavy (non-hydrogen) atoms. The van der Waals surface area contributed by atoms with Crippen molar-refractivity contribution in [2.45, 2.75) is 0 Å². The van der Waals surface area contributed by atoms with E-state index in [1.807, 2.05) is 0 Å². The van der Waals surface area contributed by atoms with Crippen LogP contribution in [0.4, 0.5) is 5.69 Å². The van der Waals surface area contributed by atoms with Gasteiger partial charge in [-0.1, -0.05) is 28.8 Å². The molecule has 0 N–H and O–H groups in total. The average molecular weight is 248 g/mol. The minimum absolute atomic E-state index is 0.134. The Morgan fingerprint density at radius 2 is 1.94 bits per heavy atom. The lowest BCUT2D eigenvalue weighted by molar-refractivity contribution is 0.443. The zero-order valence-corrected chi connectivity index (χ0v) is 9.24. The predicted molar refractivity (Wildman–Crippen MR) is 62.4 cm³/mol. The summed E-state index contributed by atoms with van der Waals surface area (Å²) in [5, 5.41) is 3.91. The van der Waals surface area contributed by atoms with Crippen LogP contribution in [0.3, 0.4) is 0 Å². The summed E-state index contributed by atoms with van der Waals surface area (Å²) in [5.74, 6) is 0.382. The van der Waals surface area contributed by atoms with Crippen LogP contribution in [0.25, 0.3) is 10.4 Å². The third kappa shape index (κ3) is 2.84. The van der Waals surface area contributed by atoms with Gasteiger partial charge in [0.05, 0.1) is 23.1 Å². The second-order valence-electron chi connectivity index (χ2n) is 2.94. The molecule has 0 aliphatic heterocycles. The first-order chi connectivity index (χ1) is 8.29. The van der Waals surface area contributed by atoms with Gasteiger partial charge >= 0.3 is 6.01 Å². The fraction of sp³-hybridized carbons (Fsp3) is 0. The number of para-hydroxylation sites is 1. The molecular formula is C10H6ClN5O. The van der Waals surface area contributed by atoms with E-state index in [2.05, 4.69) is 20.0 Å².